The van der Waals surface area contributed by atoms with Crippen molar-refractivity contribution in [2.45, 2.75) is 13.5 Å². The lowest BCUT2D eigenvalue weighted by atomic mass is 10.3. The molecule has 6 heteroatoms. The highest BCUT2D eigenvalue weighted by molar-refractivity contribution is 5.77. The van der Waals surface area contributed by atoms with Crippen LogP contribution < -0.4 is 5.32 Å². The minimum atomic E-state index is 0.766. The molecule has 0 saturated heterocycles. The van der Waals surface area contributed by atoms with E-state index < -0.39 is 0 Å². The average Bonchev–Trinajstić information content (AvgIpc) is 2.97. The Morgan fingerprint density at radius 1 is 1.33 bits per heavy atom. The third-order valence-corrected chi connectivity index (χ3v) is 2.71. The summed E-state index contributed by atoms with van der Waals surface area (Å²) in [5.41, 5.74) is 1.83. The lowest BCUT2D eigenvalue weighted by Crippen LogP contribution is -2.11. The van der Waals surface area contributed by atoms with Crippen molar-refractivity contribution in [3.63, 3.8) is 0 Å². The van der Waals surface area contributed by atoms with Crippen LogP contribution in [0.15, 0.2) is 30.6 Å². The fourth-order valence-corrected chi connectivity index (χ4v) is 1.83. The normalized spacial score (nSPS) is 10.9. The zero-order chi connectivity index (χ0) is 12.4. The smallest absolute Gasteiger partial charge is 0.139 e. The van der Waals surface area contributed by atoms with E-state index in [1.54, 1.807) is 0 Å². The number of aromatic amines is 1. The Bertz CT molecular complexity index is 653. The summed E-state index contributed by atoms with van der Waals surface area (Å²) in [5, 5.41) is 12.3. The molecule has 0 bridgehead atoms. The van der Waals surface area contributed by atoms with Crippen LogP contribution in [0.25, 0.3) is 11.0 Å². The number of hydrogen-bond acceptors (Lipinski definition) is 4. The Hall–Kier alpha value is -2.37. The van der Waals surface area contributed by atoms with E-state index >= 15 is 0 Å². The van der Waals surface area contributed by atoms with Gasteiger partial charge in [-0.2, -0.15) is 0 Å². The molecule has 6 nitrogen and oxygen atoms in total. The third-order valence-electron chi connectivity index (χ3n) is 2.71. The van der Waals surface area contributed by atoms with E-state index in [0.29, 0.717) is 0 Å². The first-order valence-electron chi connectivity index (χ1n) is 5.86. The minimum absolute atomic E-state index is 0.766. The maximum atomic E-state index is 4.46. The van der Waals surface area contributed by atoms with Crippen molar-refractivity contribution in [1.29, 1.82) is 0 Å². The van der Waals surface area contributed by atoms with Gasteiger partial charge in [0, 0.05) is 24.3 Å². The van der Waals surface area contributed by atoms with Crippen LogP contribution in [0, 0.1) is 6.92 Å². The second-order valence-corrected chi connectivity index (χ2v) is 4.16. The number of hydrogen-bond donors (Lipinski definition) is 2. The van der Waals surface area contributed by atoms with Gasteiger partial charge in [0.1, 0.15) is 11.5 Å². The second kappa shape index (κ2) is 4.48. The number of aryl methyl sites for hydroxylation is 1. The fourth-order valence-electron chi connectivity index (χ4n) is 1.83. The number of pyridine rings is 1. The Morgan fingerprint density at radius 2 is 2.28 bits per heavy atom. The van der Waals surface area contributed by atoms with Crippen molar-refractivity contribution in [3.8, 4) is 0 Å². The number of aromatic nitrogens is 5. The van der Waals surface area contributed by atoms with Gasteiger partial charge in [0.05, 0.1) is 12.2 Å². The summed E-state index contributed by atoms with van der Waals surface area (Å²) in [7, 11) is 0. The molecule has 0 unspecified atom stereocenters. The first-order valence-corrected chi connectivity index (χ1v) is 5.86. The highest BCUT2D eigenvalue weighted by Crippen LogP contribution is 2.12. The van der Waals surface area contributed by atoms with Gasteiger partial charge in [0.2, 0.25) is 0 Å². The molecular formula is C12H14N6. The Kier molecular flexibility index (Phi) is 2.68. The van der Waals surface area contributed by atoms with Gasteiger partial charge in [-0.05, 0) is 25.1 Å². The number of H-pyrrole nitrogens is 1. The molecule has 3 aromatic rings. The van der Waals surface area contributed by atoms with Crippen LogP contribution in [0.4, 0.5) is 5.82 Å². The molecule has 3 heterocycles. The summed E-state index contributed by atoms with van der Waals surface area (Å²) in [6, 6.07) is 6.02. The minimum Gasteiger partial charge on any atom is -0.368 e. The van der Waals surface area contributed by atoms with Gasteiger partial charge in [-0.15, -0.1) is 5.10 Å². The Labute approximate surface area is 104 Å². The zero-order valence-electron chi connectivity index (χ0n) is 10.1. The number of fused-ring (bicyclic) bond motifs is 1. The number of nitrogens with zero attached hydrogens (tertiary/aromatic N) is 4. The van der Waals surface area contributed by atoms with Crippen molar-refractivity contribution >= 4 is 16.9 Å². The summed E-state index contributed by atoms with van der Waals surface area (Å²) >= 11 is 0. The van der Waals surface area contributed by atoms with Crippen LogP contribution in [0.3, 0.4) is 0 Å². The van der Waals surface area contributed by atoms with Gasteiger partial charge >= 0.3 is 0 Å². The van der Waals surface area contributed by atoms with Crippen molar-refractivity contribution in [2.75, 3.05) is 11.9 Å². The van der Waals surface area contributed by atoms with E-state index in [2.05, 4.69) is 25.6 Å². The monoisotopic (exact) mass is 242 g/mol. The lowest BCUT2D eigenvalue weighted by molar-refractivity contribution is 0.608. The van der Waals surface area contributed by atoms with Gasteiger partial charge in [0.15, 0.2) is 0 Å². The molecule has 0 saturated carbocycles. The van der Waals surface area contributed by atoms with Crippen LogP contribution in [-0.4, -0.2) is 31.5 Å². The Morgan fingerprint density at radius 3 is 3.11 bits per heavy atom. The molecule has 0 fully saturated rings. The summed E-state index contributed by atoms with van der Waals surface area (Å²) in [4.78, 5) is 7.55. The van der Waals surface area contributed by atoms with E-state index in [1.807, 2.05) is 42.2 Å². The number of anilines is 1. The molecule has 0 spiro atoms. The molecule has 18 heavy (non-hydrogen) atoms. The molecule has 3 rings (SSSR count). The van der Waals surface area contributed by atoms with E-state index in [-0.39, 0.29) is 0 Å². The molecule has 0 amide bonds. The molecule has 0 atom stereocenters. The van der Waals surface area contributed by atoms with Crippen LogP contribution in [0.2, 0.25) is 0 Å². The largest absolute Gasteiger partial charge is 0.368 e. The summed E-state index contributed by atoms with van der Waals surface area (Å²) in [6.07, 6.45) is 3.81. The van der Waals surface area contributed by atoms with Crippen LogP contribution in [0.5, 0.6) is 0 Å². The average molecular weight is 242 g/mol. The van der Waals surface area contributed by atoms with E-state index in [1.165, 1.54) is 0 Å². The summed E-state index contributed by atoms with van der Waals surface area (Å²) in [5.74, 6) is 0.863. The van der Waals surface area contributed by atoms with E-state index in [9.17, 15) is 0 Å². The van der Waals surface area contributed by atoms with Gasteiger partial charge < -0.3 is 10.3 Å². The predicted molar refractivity (Wildman–Crippen MR) is 69.3 cm³/mol. The highest BCUT2D eigenvalue weighted by Gasteiger charge is 1.99. The zero-order valence-corrected chi connectivity index (χ0v) is 10.1. The molecule has 2 N–H and O–H groups in total. The van der Waals surface area contributed by atoms with Crippen molar-refractivity contribution in [1.82, 2.24) is 25.0 Å². The van der Waals surface area contributed by atoms with Crippen LogP contribution in [0.1, 0.15) is 5.69 Å². The first kappa shape index (κ1) is 10.8. The molecule has 0 radical (unpaired) electrons. The molecule has 0 aliphatic heterocycles. The van der Waals surface area contributed by atoms with Crippen molar-refractivity contribution in [2.24, 2.45) is 0 Å². The van der Waals surface area contributed by atoms with Crippen LogP contribution in [-0.2, 0) is 6.54 Å². The molecule has 0 aliphatic rings. The topological polar surface area (TPSA) is 71.4 Å². The van der Waals surface area contributed by atoms with Gasteiger partial charge in [-0.1, -0.05) is 5.21 Å². The van der Waals surface area contributed by atoms with Crippen molar-refractivity contribution < 1.29 is 0 Å². The van der Waals surface area contributed by atoms with Gasteiger partial charge in [-0.25, -0.2) is 4.98 Å². The van der Waals surface area contributed by atoms with E-state index in [4.69, 9.17) is 0 Å². The molecule has 92 valence electrons. The maximum Gasteiger partial charge on any atom is 0.139 e. The standard InChI is InChI=1S/C12H14N6/c1-9-8-18(17-16-9)7-6-13-11-3-2-10-4-5-14-12(10)15-11/h2-5,8H,6-7H2,1H3,(H2,13,14,15). The highest BCUT2D eigenvalue weighted by atomic mass is 15.4. The number of nitrogens with one attached hydrogen (secondary N) is 2. The molecule has 0 aromatic carbocycles. The molecule has 3 aromatic heterocycles. The van der Waals surface area contributed by atoms with Crippen LogP contribution >= 0.6 is 0 Å². The van der Waals surface area contributed by atoms with E-state index in [0.717, 1.165) is 35.6 Å². The quantitative estimate of drug-likeness (QED) is 0.728. The fraction of sp³-hybridized carbons (Fsp3) is 0.250. The third kappa shape index (κ3) is 2.17. The molecular weight excluding hydrogens is 228 g/mol. The predicted octanol–water partition coefficient (Wildman–Crippen LogP) is 1.57. The first-order chi connectivity index (χ1) is 8.81. The molecule has 0 aliphatic carbocycles. The van der Waals surface area contributed by atoms with Gasteiger partial charge in [0.25, 0.3) is 0 Å². The second-order valence-electron chi connectivity index (χ2n) is 4.16. The van der Waals surface area contributed by atoms with Crippen molar-refractivity contribution in [3.05, 3.63) is 36.3 Å². The summed E-state index contributed by atoms with van der Waals surface area (Å²) in [6.45, 7) is 3.46. The lowest BCUT2D eigenvalue weighted by Gasteiger charge is -2.05. The Balaban J connectivity index is 1.62. The number of rotatable bonds is 4. The van der Waals surface area contributed by atoms with Gasteiger partial charge in [-0.3, -0.25) is 4.68 Å². The summed E-state index contributed by atoms with van der Waals surface area (Å²) < 4.78 is 1.81. The maximum absolute atomic E-state index is 4.46. The SMILES string of the molecule is Cc1cn(CCNc2ccc3cc[nH]c3n2)nn1.